The van der Waals surface area contributed by atoms with Gasteiger partial charge in [-0.15, -0.1) is 0 Å². The number of cyclic esters (lactones) is 1. The number of hydrogen-bond donors (Lipinski definition) is 1. The summed E-state index contributed by atoms with van der Waals surface area (Å²) < 4.78 is 22.5. The molecular weight excluding hydrogens is 318 g/mol. The van der Waals surface area contributed by atoms with Gasteiger partial charge in [0.25, 0.3) is 0 Å². The predicted molar refractivity (Wildman–Crippen MR) is 85.4 cm³/mol. The zero-order valence-electron chi connectivity index (χ0n) is 13.4. The summed E-state index contributed by atoms with van der Waals surface area (Å²) in [6, 6.07) is 8.23. The highest BCUT2D eigenvalue weighted by molar-refractivity contribution is 7.85. The minimum absolute atomic E-state index is 0.211. The summed E-state index contributed by atoms with van der Waals surface area (Å²) in [7, 11) is -1.25. The molecule has 1 N–H and O–H groups in total. The molecule has 1 saturated heterocycles. The van der Waals surface area contributed by atoms with E-state index in [0.717, 1.165) is 0 Å². The van der Waals surface area contributed by atoms with Crippen LogP contribution in [0.5, 0.6) is 0 Å². The Morgan fingerprint density at radius 2 is 2.00 bits per heavy atom. The Bertz CT molecular complexity index is 596. The number of rotatable bonds is 4. The Balaban J connectivity index is 1.87. The molecule has 3 atom stereocenters. The number of esters is 1. The van der Waals surface area contributed by atoms with Gasteiger partial charge in [-0.25, -0.2) is 9.59 Å². The van der Waals surface area contributed by atoms with Crippen LogP contribution in [0.3, 0.4) is 0 Å². The summed E-state index contributed by atoms with van der Waals surface area (Å²) in [5.74, 6) is -0.312. The number of carbonyl (C=O) groups excluding carboxylic acids is 2. The Morgan fingerprint density at radius 3 is 2.61 bits per heavy atom. The van der Waals surface area contributed by atoms with Gasteiger partial charge in [-0.1, -0.05) is 18.2 Å². The highest BCUT2D eigenvalue weighted by Crippen LogP contribution is 2.19. The van der Waals surface area contributed by atoms with Crippen LogP contribution in [0.2, 0.25) is 0 Å². The topological polar surface area (TPSA) is 81.7 Å². The third-order valence-electron chi connectivity index (χ3n) is 3.10. The van der Waals surface area contributed by atoms with Crippen molar-refractivity contribution in [2.45, 2.75) is 49.8 Å². The summed E-state index contributed by atoms with van der Waals surface area (Å²) >= 11 is 0. The number of ether oxygens (including phenoxy) is 2. The standard InChI is InChI=1S/C16H21NO5S/c1-16(2,3)22-15(19)17-13-9-11(21-14(13)18)10-23(20)12-7-5-4-6-8-12/h4-8,11,13H,9-10H2,1-3H3,(H,17,19)/t11-,13-,23?/m0/s1. The van der Waals surface area contributed by atoms with Gasteiger partial charge in [-0.2, -0.15) is 0 Å². The lowest BCUT2D eigenvalue weighted by molar-refractivity contribution is -0.142. The van der Waals surface area contributed by atoms with Crippen LogP contribution in [-0.4, -0.2) is 39.8 Å². The van der Waals surface area contributed by atoms with Crippen LogP contribution in [0.25, 0.3) is 0 Å². The fourth-order valence-corrected chi connectivity index (χ4v) is 3.36. The molecular formula is C16H21NO5S. The van der Waals surface area contributed by atoms with Gasteiger partial charge in [0, 0.05) is 11.3 Å². The molecule has 0 aliphatic carbocycles. The first-order valence-corrected chi connectivity index (χ1v) is 8.70. The number of carbonyl (C=O) groups is 2. The molecule has 0 radical (unpaired) electrons. The van der Waals surface area contributed by atoms with Gasteiger partial charge < -0.3 is 14.8 Å². The first-order valence-electron chi connectivity index (χ1n) is 7.38. The molecule has 1 aromatic rings. The lowest BCUT2D eigenvalue weighted by Gasteiger charge is -2.20. The van der Waals surface area contributed by atoms with Gasteiger partial charge in [0.2, 0.25) is 0 Å². The third kappa shape index (κ3) is 5.35. The molecule has 1 amide bonds. The van der Waals surface area contributed by atoms with Crippen molar-refractivity contribution in [3.63, 3.8) is 0 Å². The second-order valence-corrected chi connectivity index (χ2v) is 7.81. The number of alkyl carbamates (subject to hydrolysis) is 1. The maximum absolute atomic E-state index is 12.2. The second kappa shape index (κ2) is 7.12. The molecule has 7 heteroatoms. The maximum Gasteiger partial charge on any atom is 0.408 e. The van der Waals surface area contributed by atoms with Crippen molar-refractivity contribution in [1.82, 2.24) is 5.32 Å². The molecule has 1 fully saturated rings. The van der Waals surface area contributed by atoms with Crippen LogP contribution in [0, 0.1) is 0 Å². The normalized spacial score (nSPS) is 22.3. The summed E-state index contributed by atoms with van der Waals surface area (Å²) in [6.07, 6.45) is -0.857. The van der Waals surface area contributed by atoms with E-state index in [1.807, 2.05) is 6.07 Å². The molecule has 1 aromatic carbocycles. The van der Waals surface area contributed by atoms with E-state index in [1.165, 1.54) is 0 Å². The molecule has 2 rings (SSSR count). The van der Waals surface area contributed by atoms with E-state index in [1.54, 1.807) is 45.0 Å². The Labute approximate surface area is 138 Å². The van der Waals surface area contributed by atoms with Gasteiger partial charge in [-0.3, -0.25) is 4.21 Å². The number of nitrogens with one attached hydrogen (secondary N) is 1. The molecule has 0 aromatic heterocycles. The molecule has 1 unspecified atom stereocenters. The molecule has 1 aliphatic heterocycles. The highest BCUT2D eigenvalue weighted by atomic mass is 32.2. The second-order valence-electron chi connectivity index (χ2n) is 6.32. The summed E-state index contributed by atoms with van der Waals surface area (Å²) in [4.78, 5) is 24.2. The van der Waals surface area contributed by atoms with Crippen LogP contribution < -0.4 is 5.32 Å². The van der Waals surface area contributed by atoms with Crippen molar-refractivity contribution in [3.8, 4) is 0 Å². The number of amides is 1. The van der Waals surface area contributed by atoms with E-state index in [2.05, 4.69) is 5.32 Å². The SMILES string of the molecule is CC(C)(C)OC(=O)N[C@H]1C[C@@H](CS(=O)c2ccccc2)OC1=O. The average molecular weight is 339 g/mol. The lowest BCUT2D eigenvalue weighted by Crippen LogP contribution is -2.41. The Kier molecular flexibility index (Phi) is 5.41. The van der Waals surface area contributed by atoms with E-state index >= 15 is 0 Å². The first kappa shape index (κ1) is 17.5. The number of hydrogen-bond acceptors (Lipinski definition) is 5. The largest absolute Gasteiger partial charge is 0.460 e. The zero-order chi connectivity index (χ0) is 17.0. The lowest BCUT2D eigenvalue weighted by atomic mass is 10.2. The van der Waals surface area contributed by atoms with Crippen LogP contribution in [0.4, 0.5) is 4.79 Å². The van der Waals surface area contributed by atoms with E-state index in [4.69, 9.17) is 9.47 Å². The quantitative estimate of drug-likeness (QED) is 0.849. The van der Waals surface area contributed by atoms with Crippen molar-refractivity contribution < 1.29 is 23.3 Å². The van der Waals surface area contributed by atoms with Crippen molar-refractivity contribution in [1.29, 1.82) is 0 Å². The first-order chi connectivity index (χ1) is 10.7. The monoisotopic (exact) mass is 339 g/mol. The summed E-state index contributed by atoms with van der Waals surface area (Å²) in [6.45, 7) is 5.22. The van der Waals surface area contributed by atoms with E-state index in [-0.39, 0.29) is 12.2 Å². The highest BCUT2D eigenvalue weighted by Gasteiger charge is 2.37. The molecule has 6 nitrogen and oxygen atoms in total. The zero-order valence-corrected chi connectivity index (χ0v) is 14.2. The van der Waals surface area contributed by atoms with Crippen LogP contribution >= 0.6 is 0 Å². The minimum Gasteiger partial charge on any atom is -0.460 e. The fraction of sp³-hybridized carbons (Fsp3) is 0.500. The average Bonchev–Trinajstić information content (AvgIpc) is 2.77. The van der Waals surface area contributed by atoms with Crippen LogP contribution in [0.15, 0.2) is 35.2 Å². The van der Waals surface area contributed by atoms with Crippen molar-refractivity contribution in [3.05, 3.63) is 30.3 Å². The van der Waals surface area contributed by atoms with Gasteiger partial charge >= 0.3 is 12.1 Å². The van der Waals surface area contributed by atoms with Crippen LogP contribution in [-0.2, 0) is 25.1 Å². The maximum atomic E-state index is 12.2. The van der Waals surface area contributed by atoms with Crippen molar-refractivity contribution in [2.24, 2.45) is 0 Å². The molecule has 0 spiro atoms. The van der Waals surface area contributed by atoms with Crippen LogP contribution in [0.1, 0.15) is 27.2 Å². The molecule has 1 aliphatic rings. The third-order valence-corrected chi connectivity index (χ3v) is 4.57. The molecule has 23 heavy (non-hydrogen) atoms. The van der Waals surface area contributed by atoms with E-state index in [9.17, 15) is 13.8 Å². The van der Waals surface area contributed by atoms with Gasteiger partial charge in [-0.05, 0) is 32.9 Å². The smallest absolute Gasteiger partial charge is 0.408 e. The number of benzene rings is 1. The van der Waals surface area contributed by atoms with E-state index in [0.29, 0.717) is 4.90 Å². The molecule has 0 saturated carbocycles. The van der Waals surface area contributed by atoms with Gasteiger partial charge in [0.1, 0.15) is 17.7 Å². The van der Waals surface area contributed by atoms with Crippen molar-refractivity contribution in [2.75, 3.05) is 5.75 Å². The predicted octanol–water partition coefficient (Wildman–Crippen LogP) is 2.00. The summed E-state index contributed by atoms with van der Waals surface area (Å²) in [5.41, 5.74) is -0.638. The fourth-order valence-electron chi connectivity index (χ4n) is 2.16. The summed E-state index contributed by atoms with van der Waals surface area (Å²) in [5, 5.41) is 2.49. The molecule has 0 bridgehead atoms. The van der Waals surface area contributed by atoms with Crippen molar-refractivity contribution >= 4 is 22.9 Å². The molecule has 126 valence electrons. The molecule has 1 heterocycles. The van der Waals surface area contributed by atoms with Gasteiger partial charge in [0.05, 0.1) is 16.6 Å². The Hall–Kier alpha value is -1.89. The minimum atomic E-state index is -1.25. The Morgan fingerprint density at radius 1 is 1.35 bits per heavy atom. The van der Waals surface area contributed by atoms with Gasteiger partial charge in [0.15, 0.2) is 0 Å². The van der Waals surface area contributed by atoms with E-state index < -0.39 is 40.6 Å².